The standard InChI is InChI=1S/C11H12O5/c1-15-10-6-8(7-13)2-3-9(10)16-11(14)4-5-12/h2-3,6-7,12H,4-5H2,1H3. The fourth-order valence-corrected chi connectivity index (χ4v) is 1.11. The van der Waals surface area contributed by atoms with Crippen molar-refractivity contribution >= 4 is 12.3 Å². The molecule has 0 heterocycles. The van der Waals surface area contributed by atoms with Crippen LogP contribution in [0, 0.1) is 0 Å². The molecule has 0 unspecified atom stereocenters. The minimum Gasteiger partial charge on any atom is -0.493 e. The van der Waals surface area contributed by atoms with Crippen molar-refractivity contribution in [3.63, 3.8) is 0 Å². The van der Waals surface area contributed by atoms with Gasteiger partial charge in [0.2, 0.25) is 0 Å². The number of aliphatic hydroxyl groups excluding tert-OH is 1. The van der Waals surface area contributed by atoms with Crippen molar-refractivity contribution < 1.29 is 24.2 Å². The SMILES string of the molecule is COc1cc(C=O)ccc1OC(=O)CCO. The van der Waals surface area contributed by atoms with Gasteiger partial charge in [-0.3, -0.25) is 9.59 Å². The average Bonchev–Trinajstić information content (AvgIpc) is 2.30. The van der Waals surface area contributed by atoms with Crippen LogP contribution < -0.4 is 9.47 Å². The first-order valence-electron chi connectivity index (χ1n) is 4.66. The Morgan fingerprint density at radius 1 is 1.44 bits per heavy atom. The van der Waals surface area contributed by atoms with Gasteiger partial charge in [0.1, 0.15) is 6.29 Å². The second-order valence-corrected chi connectivity index (χ2v) is 2.98. The van der Waals surface area contributed by atoms with Crippen molar-refractivity contribution in [2.45, 2.75) is 6.42 Å². The molecule has 1 aromatic carbocycles. The maximum atomic E-state index is 11.1. The maximum Gasteiger partial charge on any atom is 0.313 e. The predicted octanol–water partition coefficient (Wildman–Crippen LogP) is 0.795. The summed E-state index contributed by atoms with van der Waals surface area (Å²) in [4.78, 5) is 21.6. The van der Waals surface area contributed by atoms with Gasteiger partial charge in [0, 0.05) is 5.56 Å². The molecule has 86 valence electrons. The third-order valence-corrected chi connectivity index (χ3v) is 1.86. The Morgan fingerprint density at radius 3 is 2.75 bits per heavy atom. The molecule has 0 saturated carbocycles. The average molecular weight is 224 g/mol. The first-order valence-corrected chi connectivity index (χ1v) is 4.66. The Morgan fingerprint density at radius 2 is 2.19 bits per heavy atom. The molecule has 0 aromatic heterocycles. The lowest BCUT2D eigenvalue weighted by Crippen LogP contribution is -2.10. The van der Waals surface area contributed by atoms with E-state index in [-0.39, 0.29) is 18.8 Å². The number of esters is 1. The predicted molar refractivity (Wildman–Crippen MR) is 55.7 cm³/mol. The fraction of sp³-hybridized carbons (Fsp3) is 0.273. The Hall–Kier alpha value is -1.88. The summed E-state index contributed by atoms with van der Waals surface area (Å²) in [6.45, 7) is -0.270. The lowest BCUT2D eigenvalue weighted by Gasteiger charge is -2.08. The summed E-state index contributed by atoms with van der Waals surface area (Å²) in [6, 6.07) is 4.45. The minimum absolute atomic E-state index is 0.0847. The Balaban J connectivity index is 2.87. The van der Waals surface area contributed by atoms with Crippen LogP contribution in [0.5, 0.6) is 11.5 Å². The van der Waals surface area contributed by atoms with Crippen LogP contribution in [0.2, 0.25) is 0 Å². The normalized spacial score (nSPS) is 9.62. The van der Waals surface area contributed by atoms with Gasteiger partial charge in [0.25, 0.3) is 0 Å². The number of methoxy groups -OCH3 is 1. The van der Waals surface area contributed by atoms with Gasteiger partial charge >= 0.3 is 5.97 Å². The van der Waals surface area contributed by atoms with Crippen molar-refractivity contribution in [2.24, 2.45) is 0 Å². The number of carbonyl (C=O) groups is 2. The van der Waals surface area contributed by atoms with Crippen LogP contribution in [-0.2, 0) is 4.79 Å². The van der Waals surface area contributed by atoms with E-state index in [2.05, 4.69) is 0 Å². The molecular weight excluding hydrogens is 212 g/mol. The maximum absolute atomic E-state index is 11.1. The van der Waals surface area contributed by atoms with Gasteiger partial charge in [-0.05, 0) is 18.2 Å². The highest BCUT2D eigenvalue weighted by molar-refractivity contribution is 5.78. The van der Waals surface area contributed by atoms with Crippen LogP contribution in [0.25, 0.3) is 0 Å². The van der Waals surface area contributed by atoms with E-state index in [1.165, 1.54) is 25.3 Å². The van der Waals surface area contributed by atoms with E-state index in [9.17, 15) is 9.59 Å². The molecule has 0 bridgehead atoms. The number of benzene rings is 1. The van der Waals surface area contributed by atoms with Gasteiger partial charge in [-0.2, -0.15) is 0 Å². The van der Waals surface area contributed by atoms with Crippen LogP contribution in [0.3, 0.4) is 0 Å². The molecule has 16 heavy (non-hydrogen) atoms. The van der Waals surface area contributed by atoms with E-state index >= 15 is 0 Å². The van der Waals surface area contributed by atoms with Gasteiger partial charge in [0.05, 0.1) is 20.1 Å². The van der Waals surface area contributed by atoms with Crippen molar-refractivity contribution in [1.29, 1.82) is 0 Å². The molecule has 1 aromatic rings. The summed E-state index contributed by atoms with van der Waals surface area (Å²) in [6.07, 6.45) is 0.584. The summed E-state index contributed by atoms with van der Waals surface area (Å²) >= 11 is 0. The largest absolute Gasteiger partial charge is 0.493 e. The van der Waals surface area contributed by atoms with Crippen LogP contribution in [-0.4, -0.2) is 31.1 Å². The van der Waals surface area contributed by atoms with E-state index in [4.69, 9.17) is 14.6 Å². The van der Waals surface area contributed by atoms with E-state index in [1.807, 2.05) is 0 Å². The molecule has 5 heteroatoms. The van der Waals surface area contributed by atoms with E-state index in [0.29, 0.717) is 17.6 Å². The molecule has 0 atom stereocenters. The molecule has 0 aliphatic carbocycles. The monoisotopic (exact) mass is 224 g/mol. The summed E-state index contributed by atoms with van der Waals surface area (Å²) in [5.41, 5.74) is 0.429. The van der Waals surface area contributed by atoms with Gasteiger partial charge in [-0.15, -0.1) is 0 Å². The second-order valence-electron chi connectivity index (χ2n) is 2.98. The molecule has 0 saturated heterocycles. The van der Waals surface area contributed by atoms with E-state index in [1.54, 1.807) is 0 Å². The molecule has 0 fully saturated rings. The van der Waals surface area contributed by atoms with Gasteiger partial charge < -0.3 is 14.6 Å². The summed E-state index contributed by atoms with van der Waals surface area (Å²) in [7, 11) is 1.41. The smallest absolute Gasteiger partial charge is 0.313 e. The highest BCUT2D eigenvalue weighted by atomic mass is 16.6. The second kappa shape index (κ2) is 5.87. The highest BCUT2D eigenvalue weighted by Crippen LogP contribution is 2.27. The number of ether oxygens (including phenoxy) is 2. The highest BCUT2D eigenvalue weighted by Gasteiger charge is 2.10. The number of hydrogen-bond acceptors (Lipinski definition) is 5. The molecule has 0 aliphatic heterocycles. The number of aldehydes is 1. The van der Waals surface area contributed by atoms with E-state index < -0.39 is 5.97 Å². The quantitative estimate of drug-likeness (QED) is 0.455. The summed E-state index contributed by atoms with van der Waals surface area (Å²) in [5, 5.41) is 8.54. The number of hydrogen-bond donors (Lipinski definition) is 1. The van der Waals surface area contributed by atoms with Crippen molar-refractivity contribution in [3.8, 4) is 11.5 Å². The number of rotatable bonds is 5. The first kappa shape index (κ1) is 12.2. The summed E-state index contributed by atoms with van der Waals surface area (Å²) in [5.74, 6) is -0.0258. The molecule has 0 spiro atoms. The lowest BCUT2D eigenvalue weighted by molar-refractivity contribution is -0.135. The molecule has 5 nitrogen and oxygen atoms in total. The topological polar surface area (TPSA) is 72.8 Å². The zero-order valence-corrected chi connectivity index (χ0v) is 8.80. The van der Waals surface area contributed by atoms with Crippen LogP contribution in [0.4, 0.5) is 0 Å². The molecule has 0 radical (unpaired) electrons. The van der Waals surface area contributed by atoms with Crippen molar-refractivity contribution in [3.05, 3.63) is 23.8 Å². The molecule has 0 aliphatic rings. The van der Waals surface area contributed by atoms with Gasteiger partial charge in [0.15, 0.2) is 11.5 Å². The Bertz CT molecular complexity index is 386. The zero-order chi connectivity index (χ0) is 12.0. The number of aliphatic hydroxyl groups is 1. The van der Waals surface area contributed by atoms with Crippen molar-refractivity contribution in [1.82, 2.24) is 0 Å². The lowest BCUT2D eigenvalue weighted by atomic mass is 10.2. The van der Waals surface area contributed by atoms with E-state index in [0.717, 1.165) is 0 Å². The fourth-order valence-electron chi connectivity index (χ4n) is 1.11. The molecular formula is C11H12O5. The number of carbonyl (C=O) groups excluding carboxylic acids is 2. The zero-order valence-electron chi connectivity index (χ0n) is 8.80. The first-order chi connectivity index (χ1) is 7.71. The van der Waals surface area contributed by atoms with Crippen molar-refractivity contribution in [2.75, 3.05) is 13.7 Å². The minimum atomic E-state index is -0.556. The van der Waals surface area contributed by atoms with Crippen LogP contribution in [0.1, 0.15) is 16.8 Å². The van der Waals surface area contributed by atoms with Gasteiger partial charge in [-0.1, -0.05) is 0 Å². The third kappa shape index (κ3) is 3.06. The Labute approximate surface area is 92.6 Å². The molecule has 1 rings (SSSR count). The third-order valence-electron chi connectivity index (χ3n) is 1.86. The Kier molecular flexibility index (Phi) is 4.47. The van der Waals surface area contributed by atoms with Gasteiger partial charge in [-0.25, -0.2) is 0 Å². The van der Waals surface area contributed by atoms with Crippen LogP contribution in [0.15, 0.2) is 18.2 Å². The molecule has 1 N–H and O–H groups in total. The molecule has 0 amide bonds. The summed E-state index contributed by atoms with van der Waals surface area (Å²) < 4.78 is 9.90. The van der Waals surface area contributed by atoms with Crippen LogP contribution >= 0.6 is 0 Å².